The van der Waals surface area contributed by atoms with Crippen molar-refractivity contribution in [2.75, 3.05) is 4.90 Å². The van der Waals surface area contributed by atoms with Gasteiger partial charge in [0.2, 0.25) is 5.78 Å². The lowest BCUT2D eigenvalue weighted by Crippen LogP contribution is -2.38. The Bertz CT molecular complexity index is 2220. The second-order valence-corrected chi connectivity index (χ2v) is 12.2. The van der Waals surface area contributed by atoms with Gasteiger partial charge in [-0.15, -0.1) is 0 Å². The van der Waals surface area contributed by atoms with Crippen molar-refractivity contribution in [1.29, 1.82) is 0 Å². The number of carbonyl (C=O) groups is 1. The average Bonchev–Trinajstić information content (AvgIpc) is 3.45. The molecule has 0 fully saturated rings. The molecule has 1 unspecified atom stereocenters. The summed E-state index contributed by atoms with van der Waals surface area (Å²) < 4.78 is 2.48. The standard InChI is InChI=1S/C44H34N2O/c1-31-26-28-36(29-27-31)46-41(34-20-10-4-11-21-34)42-40(37-24-14-15-25-38(37)45(42)30-32-16-6-2-7-17-32)39(33-18-8-3-9-19-33)43(46)44(47)35-22-12-5-13-23-35/h2-29,41H,30H2,1H3. The van der Waals surface area contributed by atoms with Gasteiger partial charge in [0.15, 0.2) is 0 Å². The van der Waals surface area contributed by atoms with Crippen molar-refractivity contribution < 1.29 is 4.79 Å². The zero-order chi connectivity index (χ0) is 31.7. The van der Waals surface area contributed by atoms with Crippen LogP contribution in [0, 0.1) is 6.92 Å². The van der Waals surface area contributed by atoms with Crippen LogP contribution in [0.25, 0.3) is 16.5 Å². The summed E-state index contributed by atoms with van der Waals surface area (Å²) in [5, 5.41) is 1.14. The highest BCUT2D eigenvalue weighted by Gasteiger charge is 2.42. The molecule has 0 radical (unpaired) electrons. The number of Topliss-reactive ketones (excluding diaryl/α,β-unsaturated/α-hetero) is 1. The molecule has 0 saturated carbocycles. The summed E-state index contributed by atoms with van der Waals surface area (Å²) in [6.45, 7) is 2.80. The minimum Gasteiger partial charge on any atom is -0.337 e. The minimum atomic E-state index is -0.278. The van der Waals surface area contributed by atoms with E-state index in [0.717, 1.165) is 38.9 Å². The Kier molecular flexibility index (Phi) is 7.35. The van der Waals surface area contributed by atoms with Gasteiger partial charge < -0.3 is 9.47 Å². The number of nitrogens with zero attached hydrogens (tertiary/aromatic N) is 2. The molecule has 226 valence electrons. The number of fused-ring (bicyclic) bond motifs is 3. The van der Waals surface area contributed by atoms with Gasteiger partial charge in [0.05, 0.1) is 11.4 Å². The number of para-hydroxylation sites is 1. The molecule has 0 saturated heterocycles. The highest BCUT2D eigenvalue weighted by molar-refractivity contribution is 6.20. The van der Waals surface area contributed by atoms with Crippen molar-refractivity contribution in [3.8, 4) is 0 Å². The number of hydrogen-bond acceptors (Lipinski definition) is 2. The smallest absolute Gasteiger partial charge is 0.210 e. The van der Waals surface area contributed by atoms with Gasteiger partial charge >= 0.3 is 0 Å². The molecule has 6 aromatic carbocycles. The first-order valence-electron chi connectivity index (χ1n) is 16.1. The lowest BCUT2D eigenvalue weighted by atomic mass is 9.82. The lowest BCUT2D eigenvalue weighted by molar-refractivity contribution is 0.103. The van der Waals surface area contributed by atoms with Crippen LogP contribution in [0.2, 0.25) is 0 Å². The van der Waals surface area contributed by atoms with Gasteiger partial charge in [0, 0.05) is 39.8 Å². The Morgan fingerprint density at radius 2 is 1.19 bits per heavy atom. The van der Waals surface area contributed by atoms with Gasteiger partial charge in [-0.2, -0.15) is 0 Å². The van der Waals surface area contributed by atoms with Crippen LogP contribution in [0.4, 0.5) is 5.69 Å². The van der Waals surface area contributed by atoms with Gasteiger partial charge in [0.1, 0.15) is 6.04 Å². The van der Waals surface area contributed by atoms with Crippen LogP contribution < -0.4 is 4.90 Å². The van der Waals surface area contributed by atoms with E-state index in [-0.39, 0.29) is 11.8 Å². The molecule has 1 aliphatic rings. The fraction of sp³-hybridized carbons (Fsp3) is 0.0682. The number of hydrogen-bond donors (Lipinski definition) is 0. The van der Waals surface area contributed by atoms with Gasteiger partial charge in [0.25, 0.3) is 0 Å². The molecule has 0 spiro atoms. The molecule has 0 aliphatic carbocycles. The number of allylic oxidation sites excluding steroid dienone is 1. The van der Waals surface area contributed by atoms with Crippen molar-refractivity contribution in [3.63, 3.8) is 0 Å². The van der Waals surface area contributed by atoms with Crippen LogP contribution >= 0.6 is 0 Å². The van der Waals surface area contributed by atoms with Crippen LogP contribution in [0.3, 0.4) is 0 Å². The maximum atomic E-state index is 15.1. The SMILES string of the molecule is Cc1ccc(N2C(C(=O)c3ccccc3)=C(c3ccccc3)c3c(n(Cc4ccccc4)c4ccccc34)C2c2ccccc2)cc1. The maximum Gasteiger partial charge on any atom is 0.210 e. The zero-order valence-corrected chi connectivity index (χ0v) is 26.3. The van der Waals surface area contributed by atoms with E-state index in [1.165, 1.54) is 16.8 Å². The monoisotopic (exact) mass is 606 g/mol. The largest absolute Gasteiger partial charge is 0.337 e. The Balaban J connectivity index is 1.56. The molecule has 1 atom stereocenters. The van der Waals surface area contributed by atoms with E-state index in [0.29, 0.717) is 17.8 Å². The maximum absolute atomic E-state index is 15.1. The van der Waals surface area contributed by atoms with E-state index >= 15 is 4.79 Å². The first kappa shape index (κ1) is 28.5. The molecule has 7 aromatic rings. The van der Waals surface area contributed by atoms with E-state index in [4.69, 9.17) is 0 Å². The first-order valence-corrected chi connectivity index (χ1v) is 16.1. The van der Waals surface area contributed by atoms with Crippen LogP contribution in [-0.4, -0.2) is 10.4 Å². The minimum absolute atomic E-state index is 0.00324. The quantitative estimate of drug-likeness (QED) is 0.169. The third-order valence-corrected chi connectivity index (χ3v) is 9.18. The summed E-state index contributed by atoms with van der Waals surface area (Å²) in [5.74, 6) is -0.00324. The second kappa shape index (κ2) is 12.1. The number of carbonyl (C=O) groups excluding carboxylic acids is 1. The van der Waals surface area contributed by atoms with Crippen LogP contribution in [-0.2, 0) is 6.54 Å². The predicted molar refractivity (Wildman–Crippen MR) is 193 cm³/mol. The molecular formula is C44H34N2O. The molecule has 1 aliphatic heterocycles. The highest BCUT2D eigenvalue weighted by Crippen LogP contribution is 2.51. The van der Waals surface area contributed by atoms with E-state index in [2.05, 4.69) is 150 Å². The summed E-state index contributed by atoms with van der Waals surface area (Å²) in [4.78, 5) is 17.4. The van der Waals surface area contributed by atoms with Crippen molar-refractivity contribution in [2.24, 2.45) is 0 Å². The molecule has 47 heavy (non-hydrogen) atoms. The summed E-state index contributed by atoms with van der Waals surface area (Å²) in [7, 11) is 0. The normalized spacial score (nSPS) is 14.3. The number of aromatic nitrogens is 1. The van der Waals surface area contributed by atoms with E-state index in [1.54, 1.807) is 0 Å². The number of ketones is 1. The van der Waals surface area contributed by atoms with Crippen molar-refractivity contribution in [1.82, 2.24) is 4.57 Å². The Morgan fingerprint density at radius 3 is 1.87 bits per heavy atom. The Hall–Kier alpha value is -5.93. The van der Waals surface area contributed by atoms with Crippen molar-refractivity contribution in [2.45, 2.75) is 19.5 Å². The van der Waals surface area contributed by atoms with Gasteiger partial charge in [-0.05, 0) is 41.8 Å². The molecule has 3 nitrogen and oxygen atoms in total. The third kappa shape index (κ3) is 5.07. The van der Waals surface area contributed by atoms with Gasteiger partial charge in [-0.25, -0.2) is 0 Å². The third-order valence-electron chi connectivity index (χ3n) is 9.18. The summed E-state index contributed by atoms with van der Waals surface area (Å²) in [6.07, 6.45) is 0. The van der Waals surface area contributed by atoms with E-state index in [1.807, 2.05) is 36.4 Å². The average molecular weight is 607 g/mol. The van der Waals surface area contributed by atoms with E-state index < -0.39 is 0 Å². The van der Waals surface area contributed by atoms with Crippen LogP contribution in [0.1, 0.15) is 49.9 Å². The molecule has 3 heteroatoms. The molecule has 0 bridgehead atoms. The van der Waals surface area contributed by atoms with Crippen LogP contribution in [0.5, 0.6) is 0 Å². The summed E-state index contributed by atoms with van der Waals surface area (Å²) >= 11 is 0. The predicted octanol–water partition coefficient (Wildman–Crippen LogP) is 10.2. The Labute approximate surface area is 275 Å². The molecule has 1 aromatic heterocycles. The molecule has 0 amide bonds. The molecular weight excluding hydrogens is 572 g/mol. The van der Waals surface area contributed by atoms with Crippen LogP contribution in [0.15, 0.2) is 176 Å². The number of rotatable bonds is 7. The zero-order valence-electron chi connectivity index (χ0n) is 26.3. The van der Waals surface area contributed by atoms with E-state index in [9.17, 15) is 0 Å². The lowest BCUT2D eigenvalue weighted by Gasteiger charge is -2.41. The van der Waals surface area contributed by atoms with Gasteiger partial charge in [-0.1, -0.05) is 157 Å². The highest BCUT2D eigenvalue weighted by atomic mass is 16.1. The van der Waals surface area contributed by atoms with Crippen molar-refractivity contribution in [3.05, 3.63) is 215 Å². The summed E-state index contributed by atoms with van der Waals surface area (Å²) in [5.41, 5.74) is 11.2. The first-order chi connectivity index (χ1) is 23.2. The van der Waals surface area contributed by atoms with Gasteiger partial charge in [-0.3, -0.25) is 4.79 Å². The van der Waals surface area contributed by atoms with Crippen molar-refractivity contribution >= 4 is 27.9 Å². The molecule has 0 N–H and O–H groups in total. The number of aryl methyl sites for hydroxylation is 1. The number of benzene rings is 6. The fourth-order valence-corrected chi connectivity index (χ4v) is 7.06. The number of anilines is 1. The molecule has 8 rings (SSSR count). The topological polar surface area (TPSA) is 25.2 Å². The second-order valence-electron chi connectivity index (χ2n) is 12.2. The summed E-state index contributed by atoms with van der Waals surface area (Å²) in [6, 6.07) is 58.4. The Morgan fingerprint density at radius 1 is 0.617 bits per heavy atom. The molecule has 2 heterocycles. The fourth-order valence-electron chi connectivity index (χ4n) is 7.06.